The van der Waals surface area contributed by atoms with E-state index in [9.17, 15) is 22.8 Å². The van der Waals surface area contributed by atoms with Crippen LogP contribution in [-0.4, -0.2) is 36.5 Å². The number of nitrogens with zero attached hydrogens (tertiary/aromatic N) is 1. The van der Waals surface area contributed by atoms with Gasteiger partial charge in [0.1, 0.15) is 0 Å². The van der Waals surface area contributed by atoms with Gasteiger partial charge < -0.3 is 15.0 Å². The average Bonchev–Trinajstić information content (AvgIpc) is 3.10. The molecule has 0 saturated carbocycles. The Labute approximate surface area is 179 Å². The zero-order valence-electron chi connectivity index (χ0n) is 17.2. The zero-order chi connectivity index (χ0) is 22.4. The van der Waals surface area contributed by atoms with Crippen LogP contribution in [0.25, 0.3) is 0 Å². The Balaban J connectivity index is 1.48. The molecular formula is C23H25F3N2O3. The van der Waals surface area contributed by atoms with E-state index in [-0.39, 0.29) is 17.9 Å². The summed E-state index contributed by atoms with van der Waals surface area (Å²) in [6.45, 7) is 1.64. The van der Waals surface area contributed by atoms with Gasteiger partial charge in [-0.3, -0.25) is 4.79 Å². The van der Waals surface area contributed by atoms with Crippen LogP contribution in [0.4, 0.5) is 13.2 Å². The van der Waals surface area contributed by atoms with Gasteiger partial charge in [-0.2, -0.15) is 13.2 Å². The van der Waals surface area contributed by atoms with E-state index in [0.29, 0.717) is 37.2 Å². The van der Waals surface area contributed by atoms with Crippen LogP contribution in [0.1, 0.15) is 46.3 Å². The smallest absolute Gasteiger partial charge is 0.416 e. The molecule has 1 atom stereocenters. The number of alkyl halides is 3. The number of likely N-dealkylation sites (tertiary alicyclic amines) is 1. The number of ether oxygens (including phenoxy) is 1. The van der Waals surface area contributed by atoms with Gasteiger partial charge in [-0.1, -0.05) is 24.3 Å². The van der Waals surface area contributed by atoms with Crippen LogP contribution in [0.5, 0.6) is 0 Å². The van der Waals surface area contributed by atoms with E-state index in [1.54, 1.807) is 17.0 Å². The second kappa shape index (κ2) is 9.96. The Hall–Kier alpha value is -2.87. The highest BCUT2D eigenvalue weighted by atomic mass is 19.4. The molecule has 1 unspecified atom stereocenters. The van der Waals surface area contributed by atoms with Gasteiger partial charge >= 0.3 is 12.1 Å². The molecule has 1 aliphatic rings. The second-order valence-corrected chi connectivity index (χ2v) is 7.56. The maximum absolute atomic E-state index is 12.7. The Kier molecular flexibility index (Phi) is 7.33. The molecule has 2 aromatic carbocycles. The van der Waals surface area contributed by atoms with Crippen molar-refractivity contribution in [1.29, 1.82) is 0 Å². The molecule has 2 aromatic rings. The first-order valence-electron chi connectivity index (χ1n) is 10.1. The highest BCUT2D eigenvalue weighted by Crippen LogP contribution is 2.30. The summed E-state index contributed by atoms with van der Waals surface area (Å²) in [6, 6.07) is 12.2. The first kappa shape index (κ1) is 22.8. The number of carbonyl (C=O) groups excluding carboxylic acids is 2. The number of carbonyl (C=O) groups is 2. The SMILES string of the molecule is COC(=O)c1ccc(CNCCC2CCC(=O)N2Cc2ccc(C(F)(F)F)cc2)cc1. The quantitative estimate of drug-likeness (QED) is 0.501. The van der Waals surface area contributed by atoms with Crippen LogP contribution in [0.2, 0.25) is 0 Å². The maximum Gasteiger partial charge on any atom is 0.416 e. The van der Waals surface area contributed by atoms with Crippen molar-refractivity contribution in [2.24, 2.45) is 0 Å². The van der Waals surface area contributed by atoms with Gasteiger partial charge in [0.25, 0.3) is 0 Å². The molecule has 1 aliphatic heterocycles. The van der Waals surface area contributed by atoms with E-state index in [1.807, 2.05) is 12.1 Å². The lowest BCUT2D eigenvalue weighted by atomic mass is 10.1. The summed E-state index contributed by atoms with van der Waals surface area (Å²) < 4.78 is 42.8. The first-order valence-corrected chi connectivity index (χ1v) is 10.1. The number of halogens is 3. The minimum atomic E-state index is -4.37. The van der Waals surface area contributed by atoms with E-state index in [4.69, 9.17) is 0 Å². The number of hydrogen-bond acceptors (Lipinski definition) is 4. The molecule has 0 bridgehead atoms. The second-order valence-electron chi connectivity index (χ2n) is 7.56. The molecular weight excluding hydrogens is 409 g/mol. The molecule has 0 aromatic heterocycles. The van der Waals surface area contributed by atoms with Crippen LogP contribution in [0.3, 0.4) is 0 Å². The fourth-order valence-electron chi connectivity index (χ4n) is 3.68. The zero-order valence-corrected chi connectivity index (χ0v) is 17.2. The van der Waals surface area contributed by atoms with Crippen molar-refractivity contribution in [3.63, 3.8) is 0 Å². The highest BCUT2D eigenvalue weighted by molar-refractivity contribution is 5.89. The summed E-state index contributed by atoms with van der Waals surface area (Å²) in [6.07, 6.45) is -2.41. The van der Waals surface area contributed by atoms with E-state index >= 15 is 0 Å². The molecule has 3 rings (SSSR count). The number of amides is 1. The number of methoxy groups -OCH3 is 1. The summed E-state index contributed by atoms with van der Waals surface area (Å²) in [5.74, 6) is -0.346. The summed E-state index contributed by atoms with van der Waals surface area (Å²) in [4.78, 5) is 25.5. The van der Waals surface area contributed by atoms with Crippen LogP contribution in [-0.2, 0) is 28.8 Å². The normalized spacial score (nSPS) is 16.6. The summed E-state index contributed by atoms with van der Waals surface area (Å²) in [5, 5.41) is 3.34. The third-order valence-electron chi connectivity index (χ3n) is 5.45. The number of esters is 1. The number of rotatable bonds is 8. The molecule has 0 radical (unpaired) electrons. The van der Waals surface area contributed by atoms with Crippen LogP contribution in [0, 0.1) is 0 Å². The van der Waals surface area contributed by atoms with Crippen molar-refractivity contribution in [2.75, 3.05) is 13.7 Å². The van der Waals surface area contributed by atoms with Crippen molar-refractivity contribution < 1.29 is 27.5 Å². The molecule has 1 N–H and O–H groups in total. The highest BCUT2D eigenvalue weighted by Gasteiger charge is 2.32. The Morgan fingerprint density at radius 3 is 2.35 bits per heavy atom. The van der Waals surface area contributed by atoms with Gasteiger partial charge in [-0.05, 0) is 54.8 Å². The molecule has 166 valence electrons. The molecule has 31 heavy (non-hydrogen) atoms. The Morgan fingerprint density at radius 1 is 1.10 bits per heavy atom. The molecule has 8 heteroatoms. The monoisotopic (exact) mass is 434 g/mol. The van der Waals surface area contributed by atoms with Crippen molar-refractivity contribution in [1.82, 2.24) is 10.2 Å². The van der Waals surface area contributed by atoms with Gasteiger partial charge in [-0.25, -0.2) is 4.79 Å². The molecule has 1 fully saturated rings. The van der Waals surface area contributed by atoms with Gasteiger partial charge in [0.05, 0.1) is 18.2 Å². The molecule has 1 saturated heterocycles. The minimum absolute atomic E-state index is 0.0308. The minimum Gasteiger partial charge on any atom is -0.465 e. The van der Waals surface area contributed by atoms with Crippen molar-refractivity contribution in [2.45, 2.75) is 44.6 Å². The maximum atomic E-state index is 12.7. The summed E-state index contributed by atoms with van der Waals surface area (Å²) >= 11 is 0. The molecule has 0 spiro atoms. The van der Waals surface area contributed by atoms with E-state index in [1.165, 1.54) is 19.2 Å². The number of nitrogens with one attached hydrogen (secondary N) is 1. The van der Waals surface area contributed by atoms with E-state index in [0.717, 1.165) is 30.5 Å². The van der Waals surface area contributed by atoms with E-state index in [2.05, 4.69) is 10.1 Å². The lowest BCUT2D eigenvalue weighted by Crippen LogP contribution is -2.34. The topological polar surface area (TPSA) is 58.6 Å². The average molecular weight is 434 g/mol. The fraction of sp³-hybridized carbons (Fsp3) is 0.391. The van der Waals surface area contributed by atoms with Crippen LogP contribution < -0.4 is 5.32 Å². The predicted octanol–water partition coefficient (Wildman–Crippen LogP) is 4.16. The lowest BCUT2D eigenvalue weighted by Gasteiger charge is -2.25. The van der Waals surface area contributed by atoms with Crippen molar-refractivity contribution in [3.05, 3.63) is 70.8 Å². The standard InChI is InChI=1S/C23H25F3N2O3/c1-31-22(30)18-6-2-16(3-7-18)14-27-13-12-20-10-11-21(29)28(20)15-17-4-8-19(9-5-17)23(24,25)26/h2-9,20,27H,10-15H2,1H3. The van der Waals surface area contributed by atoms with Gasteiger partial charge in [0.15, 0.2) is 0 Å². The van der Waals surface area contributed by atoms with Crippen LogP contribution in [0.15, 0.2) is 48.5 Å². The van der Waals surface area contributed by atoms with Crippen molar-refractivity contribution >= 4 is 11.9 Å². The van der Waals surface area contributed by atoms with Gasteiger partial charge in [0.2, 0.25) is 5.91 Å². The van der Waals surface area contributed by atoms with Crippen molar-refractivity contribution in [3.8, 4) is 0 Å². The number of benzene rings is 2. The van der Waals surface area contributed by atoms with Crippen LogP contribution >= 0.6 is 0 Å². The predicted molar refractivity (Wildman–Crippen MR) is 109 cm³/mol. The fourth-order valence-corrected chi connectivity index (χ4v) is 3.68. The van der Waals surface area contributed by atoms with E-state index < -0.39 is 11.7 Å². The Morgan fingerprint density at radius 2 is 1.74 bits per heavy atom. The molecule has 0 aliphatic carbocycles. The molecule has 1 amide bonds. The Bertz CT molecular complexity index is 896. The van der Waals surface area contributed by atoms with Gasteiger partial charge in [0, 0.05) is 25.6 Å². The molecule has 1 heterocycles. The summed E-state index contributed by atoms with van der Waals surface area (Å²) in [5.41, 5.74) is 1.52. The first-order chi connectivity index (χ1) is 14.8. The largest absolute Gasteiger partial charge is 0.465 e. The summed E-state index contributed by atoms with van der Waals surface area (Å²) in [7, 11) is 1.34. The third-order valence-corrected chi connectivity index (χ3v) is 5.45. The van der Waals surface area contributed by atoms with Gasteiger partial charge in [-0.15, -0.1) is 0 Å². The number of hydrogen-bond donors (Lipinski definition) is 1. The lowest BCUT2D eigenvalue weighted by molar-refractivity contribution is -0.137. The molecule has 5 nitrogen and oxygen atoms in total. The third kappa shape index (κ3) is 6.07.